The maximum absolute atomic E-state index is 12.8. The van der Waals surface area contributed by atoms with Crippen molar-refractivity contribution in [3.63, 3.8) is 0 Å². The second-order valence-electron chi connectivity index (χ2n) is 7.20. The molecule has 29 heavy (non-hydrogen) atoms. The van der Waals surface area contributed by atoms with Crippen molar-refractivity contribution in [1.29, 1.82) is 0 Å². The zero-order chi connectivity index (χ0) is 20.2. The largest absolute Gasteiger partial charge is 0.336 e. The fraction of sp³-hybridized carbons (Fsp3) is 0.208. The minimum atomic E-state index is 0.0706. The van der Waals surface area contributed by atoms with Crippen molar-refractivity contribution in [2.45, 2.75) is 6.04 Å². The number of carbonyl (C=O) groups is 1. The van der Waals surface area contributed by atoms with E-state index in [0.29, 0.717) is 23.7 Å². The summed E-state index contributed by atoms with van der Waals surface area (Å²) in [7, 11) is 0. The average Bonchev–Trinajstić information content (AvgIpc) is 2.77. The van der Waals surface area contributed by atoms with Crippen LogP contribution in [0.4, 0.5) is 0 Å². The van der Waals surface area contributed by atoms with Crippen molar-refractivity contribution in [3.8, 4) is 0 Å². The molecule has 1 fully saturated rings. The molecule has 0 spiro atoms. The predicted molar refractivity (Wildman–Crippen MR) is 121 cm³/mol. The molecule has 3 aromatic rings. The fourth-order valence-electron chi connectivity index (χ4n) is 3.85. The van der Waals surface area contributed by atoms with Crippen molar-refractivity contribution in [2.75, 3.05) is 26.2 Å². The molecule has 1 saturated heterocycles. The molecule has 5 heteroatoms. The second-order valence-corrected chi connectivity index (χ2v) is 8.55. The van der Waals surface area contributed by atoms with Gasteiger partial charge in [-0.3, -0.25) is 9.69 Å². The van der Waals surface area contributed by atoms with Crippen molar-refractivity contribution in [3.05, 3.63) is 105 Å². The molecule has 3 nitrogen and oxygen atoms in total. The average molecular weight is 470 g/mol. The molecular formula is C24H22BrClN2O. The van der Waals surface area contributed by atoms with Crippen LogP contribution in [0.1, 0.15) is 27.5 Å². The number of carbonyl (C=O) groups excluding carboxylic acids is 1. The highest BCUT2D eigenvalue weighted by Crippen LogP contribution is 2.30. The third-order valence-electron chi connectivity index (χ3n) is 5.36. The maximum Gasteiger partial charge on any atom is 0.253 e. The van der Waals surface area contributed by atoms with Gasteiger partial charge in [-0.25, -0.2) is 0 Å². The van der Waals surface area contributed by atoms with Gasteiger partial charge in [-0.1, -0.05) is 70.0 Å². The van der Waals surface area contributed by atoms with E-state index in [1.165, 1.54) is 11.1 Å². The standard InChI is InChI=1S/C24H22BrClN2O/c25-21-10-6-19(7-11-21)23(18-4-2-1-3-5-18)27-14-16-28(17-15-27)24(29)20-8-12-22(26)13-9-20/h1-13,23H,14-17H2/t23-/m1/s1. The van der Waals surface area contributed by atoms with Crippen LogP contribution in [-0.4, -0.2) is 41.9 Å². The molecule has 1 aliphatic heterocycles. The highest BCUT2D eigenvalue weighted by Gasteiger charge is 2.28. The van der Waals surface area contributed by atoms with Crippen LogP contribution in [0.2, 0.25) is 5.02 Å². The molecule has 0 aromatic heterocycles. The van der Waals surface area contributed by atoms with Gasteiger partial charge in [-0.15, -0.1) is 0 Å². The first-order valence-corrected chi connectivity index (χ1v) is 10.9. The molecule has 0 radical (unpaired) electrons. The maximum atomic E-state index is 12.8. The van der Waals surface area contributed by atoms with Crippen LogP contribution in [0, 0.1) is 0 Å². The number of nitrogens with zero attached hydrogens (tertiary/aromatic N) is 2. The van der Waals surface area contributed by atoms with E-state index >= 15 is 0 Å². The Kier molecular flexibility index (Phi) is 6.34. The lowest BCUT2D eigenvalue weighted by molar-refractivity contribution is 0.0597. The van der Waals surface area contributed by atoms with Crippen molar-refractivity contribution < 1.29 is 4.79 Å². The van der Waals surface area contributed by atoms with Crippen molar-refractivity contribution in [2.24, 2.45) is 0 Å². The molecule has 0 N–H and O–H groups in total. The zero-order valence-electron chi connectivity index (χ0n) is 16.0. The van der Waals surface area contributed by atoms with E-state index < -0.39 is 0 Å². The number of piperazine rings is 1. The molecule has 0 bridgehead atoms. The van der Waals surface area contributed by atoms with E-state index in [4.69, 9.17) is 11.6 Å². The Morgan fingerprint density at radius 1 is 0.793 bits per heavy atom. The topological polar surface area (TPSA) is 23.6 Å². The van der Waals surface area contributed by atoms with Gasteiger partial charge in [0, 0.05) is 41.2 Å². The number of benzene rings is 3. The van der Waals surface area contributed by atoms with Gasteiger partial charge in [0.25, 0.3) is 5.91 Å². The summed E-state index contributed by atoms with van der Waals surface area (Å²) in [5.74, 6) is 0.0706. The smallest absolute Gasteiger partial charge is 0.253 e. The van der Waals surface area contributed by atoms with E-state index in [1.807, 2.05) is 11.0 Å². The van der Waals surface area contributed by atoms with Gasteiger partial charge in [0.2, 0.25) is 0 Å². The van der Waals surface area contributed by atoms with Gasteiger partial charge >= 0.3 is 0 Å². The van der Waals surface area contributed by atoms with E-state index in [1.54, 1.807) is 24.3 Å². The Morgan fingerprint density at radius 3 is 2.00 bits per heavy atom. The fourth-order valence-corrected chi connectivity index (χ4v) is 4.24. The van der Waals surface area contributed by atoms with Crippen molar-refractivity contribution >= 4 is 33.4 Å². The molecular weight excluding hydrogens is 448 g/mol. The van der Waals surface area contributed by atoms with E-state index in [0.717, 1.165) is 17.6 Å². The highest BCUT2D eigenvalue weighted by atomic mass is 79.9. The Balaban J connectivity index is 1.51. The molecule has 0 aliphatic carbocycles. The number of amides is 1. The van der Waals surface area contributed by atoms with Crippen LogP contribution in [0.3, 0.4) is 0 Å². The molecule has 1 aliphatic rings. The highest BCUT2D eigenvalue weighted by molar-refractivity contribution is 9.10. The first kappa shape index (κ1) is 20.1. The van der Waals surface area contributed by atoms with Crippen LogP contribution in [0.15, 0.2) is 83.3 Å². The molecule has 4 rings (SSSR count). The summed E-state index contributed by atoms with van der Waals surface area (Å²) in [5.41, 5.74) is 3.22. The Bertz CT molecular complexity index is 952. The van der Waals surface area contributed by atoms with Crippen molar-refractivity contribution in [1.82, 2.24) is 9.80 Å². The predicted octanol–water partition coefficient (Wildman–Crippen LogP) is 5.65. The van der Waals surface area contributed by atoms with E-state index in [-0.39, 0.29) is 11.9 Å². The molecule has 0 unspecified atom stereocenters. The lowest BCUT2D eigenvalue weighted by Gasteiger charge is -2.39. The Labute approximate surface area is 185 Å². The van der Waals surface area contributed by atoms with Gasteiger partial charge in [0.05, 0.1) is 6.04 Å². The van der Waals surface area contributed by atoms with Crippen LogP contribution in [0.25, 0.3) is 0 Å². The summed E-state index contributed by atoms with van der Waals surface area (Å²) in [6.07, 6.45) is 0. The Hall–Kier alpha value is -2.14. The Morgan fingerprint density at radius 2 is 1.38 bits per heavy atom. The minimum absolute atomic E-state index is 0.0706. The first-order valence-electron chi connectivity index (χ1n) is 9.71. The summed E-state index contributed by atoms with van der Waals surface area (Å²) in [4.78, 5) is 17.2. The van der Waals surface area contributed by atoms with Crippen LogP contribution in [0.5, 0.6) is 0 Å². The first-order chi connectivity index (χ1) is 14.1. The summed E-state index contributed by atoms with van der Waals surface area (Å²) in [6.45, 7) is 3.08. The van der Waals surface area contributed by atoms with E-state index in [9.17, 15) is 4.79 Å². The molecule has 1 atom stereocenters. The van der Waals surface area contributed by atoms with Gasteiger partial charge in [-0.2, -0.15) is 0 Å². The summed E-state index contributed by atoms with van der Waals surface area (Å²) in [5, 5.41) is 0.645. The van der Waals surface area contributed by atoms with E-state index in [2.05, 4.69) is 69.4 Å². The SMILES string of the molecule is O=C(c1ccc(Cl)cc1)N1CCN([C@H](c2ccccc2)c2ccc(Br)cc2)CC1. The minimum Gasteiger partial charge on any atom is -0.336 e. The number of halogens is 2. The van der Waals surface area contributed by atoms with Crippen LogP contribution < -0.4 is 0 Å². The van der Waals surface area contributed by atoms with Gasteiger partial charge in [0.15, 0.2) is 0 Å². The van der Waals surface area contributed by atoms with Crippen LogP contribution in [-0.2, 0) is 0 Å². The molecule has 0 saturated carbocycles. The normalized spacial score (nSPS) is 15.9. The number of hydrogen-bond acceptors (Lipinski definition) is 2. The lowest BCUT2D eigenvalue weighted by atomic mass is 9.96. The molecule has 148 valence electrons. The van der Waals surface area contributed by atoms with Gasteiger partial charge < -0.3 is 4.90 Å². The number of rotatable bonds is 4. The second kappa shape index (κ2) is 9.12. The van der Waals surface area contributed by atoms with Crippen LogP contribution >= 0.6 is 27.5 Å². The quantitative estimate of drug-likeness (QED) is 0.493. The third-order valence-corrected chi connectivity index (χ3v) is 6.14. The summed E-state index contributed by atoms with van der Waals surface area (Å²) in [6, 6.07) is 26.4. The zero-order valence-corrected chi connectivity index (χ0v) is 18.3. The summed E-state index contributed by atoms with van der Waals surface area (Å²) >= 11 is 9.48. The van der Waals surface area contributed by atoms with Gasteiger partial charge in [0.1, 0.15) is 0 Å². The molecule has 3 aromatic carbocycles. The number of hydrogen-bond donors (Lipinski definition) is 0. The monoisotopic (exact) mass is 468 g/mol. The third kappa shape index (κ3) is 4.72. The molecule has 1 heterocycles. The van der Waals surface area contributed by atoms with Gasteiger partial charge in [-0.05, 0) is 47.5 Å². The summed E-state index contributed by atoms with van der Waals surface area (Å²) < 4.78 is 1.08. The lowest BCUT2D eigenvalue weighted by Crippen LogP contribution is -2.49. The molecule has 1 amide bonds.